The second kappa shape index (κ2) is 6.37. The molecule has 132 valence electrons. The second-order valence-electron chi connectivity index (χ2n) is 7.47. The number of carbonyl (C=O) groups is 2. The Morgan fingerprint density at radius 3 is 2.84 bits per heavy atom. The number of benzene rings is 1. The molecule has 1 saturated carbocycles. The molecule has 1 saturated heterocycles. The van der Waals surface area contributed by atoms with E-state index in [4.69, 9.17) is 0 Å². The van der Waals surface area contributed by atoms with E-state index in [-0.39, 0.29) is 23.8 Å². The molecule has 1 aliphatic heterocycles. The summed E-state index contributed by atoms with van der Waals surface area (Å²) in [4.78, 5) is 28.3. The van der Waals surface area contributed by atoms with Gasteiger partial charge in [0.2, 0.25) is 11.8 Å². The Kier molecular flexibility index (Phi) is 4.19. The molecule has 25 heavy (non-hydrogen) atoms. The van der Waals surface area contributed by atoms with E-state index in [9.17, 15) is 9.59 Å². The molecule has 1 spiro atoms. The van der Waals surface area contributed by atoms with Gasteiger partial charge in [0.1, 0.15) is 11.0 Å². The highest BCUT2D eigenvalue weighted by molar-refractivity contribution is 7.00. The summed E-state index contributed by atoms with van der Waals surface area (Å²) in [5.41, 5.74) is 2.92. The van der Waals surface area contributed by atoms with Gasteiger partial charge in [0.05, 0.1) is 18.3 Å². The number of hydrogen-bond acceptors (Lipinski definition) is 5. The van der Waals surface area contributed by atoms with Gasteiger partial charge < -0.3 is 9.80 Å². The highest BCUT2D eigenvalue weighted by Crippen LogP contribution is 2.45. The van der Waals surface area contributed by atoms with E-state index in [1.54, 1.807) is 16.8 Å². The maximum atomic E-state index is 12.6. The van der Waals surface area contributed by atoms with Crippen molar-refractivity contribution in [2.45, 2.75) is 38.6 Å². The van der Waals surface area contributed by atoms with Crippen LogP contribution >= 0.6 is 11.7 Å². The molecular weight excluding hydrogens is 336 g/mol. The Morgan fingerprint density at radius 2 is 2.04 bits per heavy atom. The van der Waals surface area contributed by atoms with Crippen LogP contribution in [0.2, 0.25) is 0 Å². The highest BCUT2D eigenvalue weighted by Gasteiger charge is 2.45. The van der Waals surface area contributed by atoms with E-state index in [1.165, 1.54) is 24.6 Å². The molecule has 6 nitrogen and oxygen atoms in total. The Bertz CT molecular complexity index is 812. The van der Waals surface area contributed by atoms with Gasteiger partial charge in [0.25, 0.3) is 0 Å². The van der Waals surface area contributed by atoms with Crippen molar-refractivity contribution in [3.8, 4) is 0 Å². The summed E-state index contributed by atoms with van der Waals surface area (Å²) in [6.45, 7) is 1.46. The molecule has 1 aromatic carbocycles. The van der Waals surface area contributed by atoms with Crippen molar-refractivity contribution in [3.63, 3.8) is 0 Å². The third-order valence-corrected chi connectivity index (χ3v) is 6.12. The lowest BCUT2D eigenvalue weighted by molar-refractivity contribution is -0.137. The van der Waals surface area contributed by atoms with Crippen molar-refractivity contribution in [2.24, 2.45) is 5.41 Å². The first-order chi connectivity index (χ1) is 12.0. The van der Waals surface area contributed by atoms with Crippen LogP contribution in [0.15, 0.2) is 18.2 Å². The zero-order chi connectivity index (χ0) is 17.4. The fourth-order valence-electron chi connectivity index (χ4n) is 4.16. The first kappa shape index (κ1) is 16.4. The molecule has 7 heteroatoms. The maximum absolute atomic E-state index is 12.6. The molecule has 0 N–H and O–H groups in total. The molecular formula is C18H22N4O2S. The van der Waals surface area contributed by atoms with E-state index >= 15 is 0 Å². The molecule has 2 aliphatic rings. The topological polar surface area (TPSA) is 66.4 Å². The number of likely N-dealkylation sites (N-methyl/N-ethyl adjacent to an activating group) is 1. The zero-order valence-corrected chi connectivity index (χ0v) is 15.2. The largest absolute Gasteiger partial charge is 0.340 e. The lowest BCUT2D eigenvalue weighted by Crippen LogP contribution is -2.39. The number of hydrogen-bond donors (Lipinski definition) is 0. The van der Waals surface area contributed by atoms with Crippen LogP contribution in [0.5, 0.6) is 0 Å². The smallest absolute Gasteiger partial charge is 0.242 e. The van der Waals surface area contributed by atoms with Gasteiger partial charge in [-0.2, -0.15) is 8.75 Å². The predicted molar refractivity (Wildman–Crippen MR) is 96.0 cm³/mol. The molecule has 2 heterocycles. The van der Waals surface area contributed by atoms with E-state index in [0.717, 1.165) is 36.0 Å². The number of fused-ring (bicyclic) bond motifs is 1. The zero-order valence-electron chi connectivity index (χ0n) is 14.4. The average Bonchev–Trinajstić information content (AvgIpc) is 3.29. The average molecular weight is 358 g/mol. The van der Waals surface area contributed by atoms with Gasteiger partial charge >= 0.3 is 0 Å². The number of carbonyl (C=O) groups excluding carboxylic acids is 2. The minimum atomic E-state index is -0.0140. The van der Waals surface area contributed by atoms with Crippen LogP contribution in [-0.4, -0.2) is 50.5 Å². The van der Waals surface area contributed by atoms with Crippen LogP contribution < -0.4 is 0 Å². The summed E-state index contributed by atoms with van der Waals surface area (Å²) in [7, 11) is 1.79. The van der Waals surface area contributed by atoms with Gasteiger partial charge in [-0.15, -0.1) is 0 Å². The summed E-state index contributed by atoms with van der Waals surface area (Å²) in [6, 6.07) is 5.87. The first-order valence-corrected chi connectivity index (χ1v) is 9.51. The first-order valence-electron chi connectivity index (χ1n) is 8.78. The van der Waals surface area contributed by atoms with Gasteiger partial charge in [-0.3, -0.25) is 9.59 Å². The Morgan fingerprint density at radius 1 is 1.28 bits per heavy atom. The minimum Gasteiger partial charge on any atom is -0.340 e. The molecule has 2 fully saturated rings. The predicted octanol–water partition coefficient (Wildman–Crippen LogP) is 2.44. The van der Waals surface area contributed by atoms with Gasteiger partial charge in [0.15, 0.2) is 0 Å². The number of aromatic nitrogens is 2. The van der Waals surface area contributed by atoms with Gasteiger partial charge in [-0.25, -0.2) is 0 Å². The molecule has 2 aromatic rings. The number of likely N-dealkylation sites (tertiary alicyclic amines) is 1. The van der Waals surface area contributed by atoms with Crippen molar-refractivity contribution < 1.29 is 9.59 Å². The molecule has 0 radical (unpaired) electrons. The van der Waals surface area contributed by atoms with Crippen molar-refractivity contribution in [1.29, 1.82) is 0 Å². The van der Waals surface area contributed by atoms with Crippen molar-refractivity contribution in [2.75, 3.05) is 20.1 Å². The SMILES string of the molecule is CN(Cc1ccc2nsnc2c1)C(=O)CN1CC2(CCCC2)CC1=O. The summed E-state index contributed by atoms with van der Waals surface area (Å²) in [5.74, 6) is 0.124. The van der Waals surface area contributed by atoms with Crippen LogP contribution in [0.1, 0.15) is 37.7 Å². The number of rotatable bonds is 4. The lowest BCUT2D eigenvalue weighted by Gasteiger charge is -2.24. The van der Waals surface area contributed by atoms with Crippen molar-refractivity contribution in [3.05, 3.63) is 23.8 Å². The number of nitrogens with zero attached hydrogens (tertiary/aromatic N) is 4. The standard InChI is InChI=1S/C18H22N4O2S/c1-21(10-13-4-5-14-15(8-13)20-25-19-14)17(24)11-22-12-18(9-16(22)23)6-2-3-7-18/h4-5,8H,2-3,6-7,9-12H2,1H3. The highest BCUT2D eigenvalue weighted by atomic mass is 32.1. The van der Waals surface area contributed by atoms with Crippen LogP contribution in [0.3, 0.4) is 0 Å². The van der Waals surface area contributed by atoms with Gasteiger partial charge in [-0.05, 0) is 36.0 Å². The van der Waals surface area contributed by atoms with Crippen LogP contribution in [0.25, 0.3) is 11.0 Å². The third-order valence-electron chi connectivity index (χ3n) is 5.56. The third kappa shape index (κ3) is 3.25. The maximum Gasteiger partial charge on any atom is 0.242 e. The fraction of sp³-hybridized carbons (Fsp3) is 0.556. The van der Waals surface area contributed by atoms with Gasteiger partial charge in [0, 0.05) is 26.6 Å². The summed E-state index contributed by atoms with van der Waals surface area (Å²) in [5, 5.41) is 0. The Labute approximate surface area is 151 Å². The molecule has 1 aromatic heterocycles. The van der Waals surface area contributed by atoms with Gasteiger partial charge in [-0.1, -0.05) is 18.9 Å². The quantitative estimate of drug-likeness (QED) is 0.842. The summed E-state index contributed by atoms with van der Waals surface area (Å²) >= 11 is 1.19. The molecule has 0 bridgehead atoms. The molecule has 0 atom stereocenters. The van der Waals surface area contributed by atoms with E-state index in [0.29, 0.717) is 13.0 Å². The molecule has 0 unspecified atom stereocenters. The minimum absolute atomic E-state index is 0.0140. The molecule has 2 amide bonds. The van der Waals surface area contributed by atoms with Crippen LogP contribution in [0, 0.1) is 5.41 Å². The summed E-state index contributed by atoms with van der Waals surface area (Å²) in [6.07, 6.45) is 5.30. The summed E-state index contributed by atoms with van der Waals surface area (Å²) < 4.78 is 8.43. The lowest BCUT2D eigenvalue weighted by atomic mass is 9.85. The normalized spacial score (nSPS) is 19.2. The Balaban J connectivity index is 1.38. The van der Waals surface area contributed by atoms with E-state index < -0.39 is 0 Å². The van der Waals surface area contributed by atoms with Crippen LogP contribution in [0.4, 0.5) is 0 Å². The van der Waals surface area contributed by atoms with Crippen molar-refractivity contribution >= 4 is 34.6 Å². The second-order valence-corrected chi connectivity index (χ2v) is 8.00. The van der Waals surface area contributed by atoms with E-state index in [2.05, 4.69) is 8.75 Å². The molecule has 1 aliphatic carbocycles. The number of amides is 2. The van der Waals surface area contributed by atoms with E-state index in [1.807, 2.05) is 18.2 Å². The Hall–Kier alpha value is -2.02. The van der Waals surface area contributed by atoms with Crippen molar-refractivity contribution in [1.82, 2.24) is 18.5 Å². The monoisotopic (exact) mass is 358 g/mol. The molecule has 4 rings (SSSR count). The van der Waals surface area contributed by atoms with Crippen LogP contribution in [-0.2, 0) is 16.1 Å². The fourth-order valence-corrected chi connectivity index (χ4v) is 4.67.